The van der Waals surface area contributed by atoms with E-state index in [2.05, 4.69) is 4.98 Å². The van der Waals surface area contributed by atoms with Crippen LogP contribution < -0.4 is 5.73 Å². The largest absolute Gasteiger partial charge is 0.505 e. The van der Waals surface area contributed by atoms with Gasteiger partial charge in [0.2, 0.25) is 0 Å². The minimum atomic E-state index is -1.20. The van der Waals surface area contributed by atoms with Gasteiger partial charge in [0.1, 0.15) is 6.10 Å². The molecule has 0 saturated carbocycles. The molecule has 0 aliphatic carbocycles. The Morgan fingerprint density at radius 1 is 1.43 bits per heavy atom. The summed E-state index contributed by atoms with van der Waals surface area (Å²) in [6.45, 7) is -0.0820. The summed E-state index contributed by atoms with van der Waals surface area (Å²) in [6.07, 6.45) is -2.29. The second-order valence-corrected chi connectivity index (χ2v) is 3.15. The highest BCUT2D eigenvalue weighted by Crippen LogP contribution is 2.23. The molecule has 1 aromatic rings. The van der Waals surface area contributed by atoms with Crippen LogP contribution in [0.4, 0.5) is 0 Å². The summed E-state index contributed by atoms with van der Waals surface area (Å²) in [5.74, 6) is -0.176. The summed E-state index contributed by atoms with van der Waals surface area (Å²) in [5.41, 5.74) is 5.33. The van der Waals surface area contributed by atoms with Crippen LogP contribution in [0.25, 0.3) is 0 Å². The third kappa shape index (κ3) is 2.33. The lowest BCUT2D eigenvalue weighted by Crippen LogP contribution is -2.27. The zero-order chi connectivity index (χ0) is 10.7. The fourth-order valence-corrected chi connectivity index (χ4v) is 1.09. The molecule has 1 heterocycles. The number of aromatic nitrogens is 1. The Bertz CT molecular complexity index is 321. The van der Waals surface area contributed by atoms with E-state index in [1.54, 1.807) is 0 Å². The number of aliphatic hydroxyl groups excluding tert-OH is 2. The van der Waals surface area contributed by atoms with Crippen molar-refractivity contribution < 1.29 is 15.3 Å². The van der Waals surface area contributed by atoms with Gasteiger partial charge in [-0.25, -0.2) is 4.98 Å². The normalized spacial score (nSPS) is 15.1. The highest BCUT2D eigenvalue weighted by atomic mass is 35.5. The quantitative estimate of drug-likeness (QED) is 0.527. The number of nitrogens with zero attached hydrogens (tertiary/aromatic N) is 1. The van der Waals surface area contributed by atoms with Crippen molar-refractivity contribution in [3.63, 3.8) is 0 Å². The topological polar surface area (TPSA) is 99.6 Å². The SMILES string of the molecule is NCC(O)C(O)c1ccc(O)c(Cl)n1. The number of hydrogen-bond acceptors (Lipinski definition) is 5. The number of aromatic hydroxyl groups is 1. The second kappa shape index (κ2) is 4.56. The molecule has 1 aromatic heterocycles. The smallest absolute Gasteiger partial charge is 0.171 e. The van der Waals surface area contributed by atoms with Crippen molar-refractivity contribution in [2.75, 3.05) is 6.54 Å². The van der Waals surface area contributed by atoms with Crippen LogP contribution >= 0.6 is 11.6 Å². The predicted octanol–water partition coefficient (Wildman–Crippen LogP) is -0.206. The summed E-state index contributed by atoms with van der Waals surface area (Å²) in [5, 5.41) is 27.6. The van der Waals surface area contributed by atoms with E-state index in [0.29, 0.717) is 0 Å². The van der Waals surface area contributed by atoms with E-state index in [9.17, 15) is 10.2 Å². The fraction of sp³-hybridized carbons (Fsp3) is 0.375. The standard InChI is InChI=1S/C8H11ClN2O3/c9-8-5(12)2-1-4(11-8)7(14)6(13)3-10/h1-2,6-7,12-14H,3,10H2. The Labute approximate surface area is 85.8 Å². The second-order valence-electron chi connectivity index (χ2n) is 2.79. The number of halogens is 1. The maximum Gasteiger partial charge on any atom is 0.171 e. The van der Waals surface area contributed by atoms with Crippen molar-refractivity contribution >= 4 is 11.6 Å². The molecule has 0 radical (unpaired) electrons. The average molecular weight is 219 g/mol. The van der Waals surface area contributed by atoms with E-state index in [1.165, 1.54) is 12.1 Å². The van der Waals surface area contributed by atoms with E-state index < -0.39 is 12.2 Å². The van der Waals surface area contributed by atoms with Crippen LogP contribution in [0.3, 0.4) is 0 Å². The van der Waals surface area contributed by atoms with Crippen LogP contribution in [0.5, 0.6) is 5.75 Å². The van der Waals surface area contributed by atoms with Gasteiger partial charge in [-0.1, -0.05) is 11.6 Å². The molecule has 5 nitrogen and oxygen atoms in total. The van der Waals surface area contributed by atoms with Gasteiger partial charge in [-0.05, 0) is 12.1 Å². The number of hydrogen-bond donors (Lipinski definition) is 4. The summed E-state index contributed by atoms with van der Waals surface area (Å²) in [7, 11) is 0. The Morgan fingerprint density at radius 2 is 2.07 bits per heavy atom. The zero-order valence-electron chi connectivity index (χ0n) is 7.26. The molecule has 6 heteroatoms. The van der Waals surface area contributed by atoms with Gasteiger partial charge in [-0.3, -0.25) is 0 Å². The first-order valence-electron chi connectivity index (χ1n) is 3.98. The van der Waals surface area contributed by atoms with Crippen molar-refractivity contribution in [1.82, 2.24) is 4.98 Å². The number of rotatable bonds is 3. The maximum absolute atomic E-state index is 9.47. The van der Waals surface area contributed by atoms with E-state index in [0.717, 1.165) is 0 Å². The van der Waals surface area contributed by atoms with Crippen molar-refractivity contribution in [2.24, 2.45) is 5.73 Å². The number of aliphatic hydroxyl groups is 2. The zero-order valence-corrected chi connectivity index (χ0v) is 8.02. The molecule has 5 N–H and O–H groups in total. The molecule has 2 unspecified atom stereocenters. The molecule has 0 aliphatic heterocycles. The first-order valence-corrected chi connectivity index (χ1v) is 4.35. The van der Waals surface area contributed by atoms with Crippen molar-refractivity contribution in [1.29, 1.82) is 0 Å². The van der Waals surface area contributed by atoms with Crippen LogP contribution in [0, 0.1) is 0 Å². The van der Waals surface area contributed by atoms with Crippen molar-refractivity contribution in [2.45, 2.75) is 12.2 Å². The monoisotopic (exact) mass is 218 g/mol. The van der Waals surface area contributed by atoms with Crippen LogP contribution in [-0.2, 0) is 0 Å². The molecule has 0 amide bonds. The lowest BCUT2D eigenvalue weighted by Gasteiger charge is -2.15. The predicted molar refractivity (Wildman–Crippen MR) is 50.9 cm³/mol. The molecule has 2 atom stereocenters. The molecule has 0 bridgehead atoms. The average Bonchev–Trinajstić information content (AvgIpc) is 2.20. The molecule has 0 spiro atoms. The molecular formula is C8H11ClN2O3. The lowest BCUT2D eigenvalue weighted by atomic mass is 10.1. The molecule has 78 valence electrons. The first kappa shape index (κ1) is 11.2. The Kier molecular flexibility index (Phi) is 3.65. The van der Waals surface area contributed by atoms with Crippen LogP contribution in [0.2, 0.25) is 5.15 Å². The van der Waals surface area contributed by atoms with Crippen molar-refractivity contribution in [3.8, 4) is 5.75 Å². The fourth-order valence-electron chi connectivity index (χ4n) is 0.932. The summed E-state index contributed by atoms with van der Waals surface area (Å²) in [4.78, 5) is 3.69. The Balaban J connectivity index is 2.91. The first-order chi connectivity index (χ1) is 6.56. The lowest BCUT2D eigenvalue weighted by molar-refractivity contribution is 0.0217. The molecule has 0 aliphatic rings. The number of pyridine rings is 1. The molecule has 0 aromatic carbocycles. The van der Waals surface area contributed by atoms with Gasteiger partial charge in [0.25, 0.3) is 0 Å². The Morgan fingerprint density at radius 3 is 2.57 bits per heavy atom. The molecule has 1 rings (SSSR count). The molecular weight excluding hydrogens is 208 g/mol. The number of nitrogens with two attached hydrogens (primary N) is 1. The molecule has 14 heavy (non-hydrogen) atoms. The van der Waals surface area contributed by atoms with E-state index in [1.807, 2.05) is 0 Å². The van der Waals surface area contributed by atoms with Gasteiger partial charge < -0.3 is 21.1 Å². The van der Waals surface area contributed by atoms with Gasteiger partial charge >= 0.3 is 0 Å². The van der Waals surface area contributed by atoms with E-state index in [4.69, 9.17) is 22.4 Å². The maximum atomic E-state index is 9.47. The molecule has 0 fully saturated rings. The van der Waals surface area contributed by atoms with Gasteiger partial charge in [0.15, 0.2) is 10.9 Å². The summed E-state index contributed by atoms with van der Waals surface area (Å²) in [6, 6.07) is 2.65. The van der Waals surface area contributed by atoms with E-state index in [-0.39, 0.29) is 23.1 Å². The van der Waals surface area contributed by atoms with Crippen LogP contribution in [0.15, 0.2) is 12.1 Å². The Hall–Kier alpha value is -0.880. The third-order valence-electron chi connectivity index (χ3n) is 1.76. The highest BCUT2D eigenvalue weighted by molar-refractivity contribution is 6.30. The summed E-state index contributed by atoms with van der Waals surface area (Å²) < 4.78 is 0. The third-order valence-corrected chi connectivity index (χ3v) is 2.04. The highest BCUT2D eigenvalue weighted by Gasteiger charge is 2.18. The van der Waals surface area contributed by atoms with Gasteiger partial charge in [0, 0.05) is 6.54 Å². The minimum Gasteiger partial charge on any atom is -0.505 e. The summed E-state index contributed by atoms with van der Waals surface area (Å²) >= 11 is 5.52. The van der Waals surface area contributed by atoms with Crippen LogP contribution in [-0.4, -0.2) is 33.0 Å². The van der Waals surface area contributed by atoms with Crippen LogP contribution in [0.1, 0.15) is 11.8 Å². The minimum absolute atomic E-state index is 0.0820. The van der Waals surface area contributed by atoms with Gasteiger partial charge in [0.05, 0.1) is 11.8 Å². The van der Waals surface area contributed by atoms with E-state index >= 15 is 0 Å². The van der Waals surface area contributed by atoms with Gasteiger partial charge in [-0.2, -0.15) is 0 Å². The van der Waals surface area contributed by atoms with Gasteiger partial charge in [-0.15, -0.1) is 0 Å². The molecule has 0 saturated heterocycles. The van der Waals surface area contributed by atoms with Crippen molar-refractivity contribution in [3.05, 3.63) is 23.0 Å².